The lowest BCUT2D eigenvalue weighted by molar-refractivity contribution is 0.0899. The predicted octanol–water partition coefficient (Wildman–Crippen LogP) is 4.38. The van der Waals surface area contributed by atoms with Crippen LogP contribution < -0.4 is 10.2 Å². The highest BCUT2D eigenvalue weighted by Crippen LogP contribution is 2.37. The van der Waals surface area contributed by atoms with Gasteiger partial charge in [-0.15, -0.1) is 0 Å². The minimum atomic E-state index is -1.12. The summed E-state index contributed by atoms with van der Waals surface area (Å²) in [6.07, 6.45) is 7.40. The molecule has 4 rings (SSSR count). The summed E-state index contributed by atoms with van der Waals surface area (Å²) >= 11 is 0. The molecule has 1 aliphatic carbocycles. The number of pyridine rings is 1. The van der Waals surface area contributed by atoms with Crippen LogP contribution in [-0.2, 0) is 11.5 Å². The van der Waals surface area contributed by atoms with E-state index < -0.39 is 8.07 Å². The lowest BCUT2D eigenvalue weighted by Gasteiger charge is -2.41. The van der Waals surface area contributed by atoms with E-state index in [0.29, 0.717) is 25.0 Å². The molecule has 1 amide bonds. The Morgan fingerprint density at radius 2 is 2.03 bits per heavy atom. The number of nitrogens with one attached hydrogen (secondary N) is 1. The Kier molecular flexibility index (Phi) is 6.15. The van der Waals surface area contributed by atoms with E-state index in [-0.39, 0.29) is 18.5 Å². The van der Waals surface area contributed by atoms with Crippen LogP contribution in [0.25, 0.3) is 11.0 Å². The minimum absolute atomic E-state index is 0.0766. The third kappa shape index (κ3) is 4.39. The maximum atomic E-state index is 13.1. The van der Waals surface area contributed by atoms with Gasteiger partial charge in [0, 0.05) is 38.5 Å². The molecule has 0 bridgehead atoms. The van der Waals surface area contributed by atoms with Crippen LogP contribution in [0.2, 0.25) is 25.7 Å². The van der Waals surface area contributed by atoms with Gasteiger partial charge >= 0.3 is 0 Å². The van der Waals surface area contributed by atoms with Crippen LogP contribution in [0.1, 0.15) is 36.0 Å². The molecule has 1 saturated carbocycles. The van der Waals surface area contributed by atoms with Gasteiger partial charge in [0.2, 0.25) is 0 Å². The molecule has 3 heterocycles. The number of nitrogens with zero attached hydrogens (tertiary/aromatic N) is 3. The lowest BCUT2D eigenvalue weighted by Crippen LogP contribution is -2.49. The number of carbonyl (C=O) groups excluding carboxylic acids is 1. The molecule has 0 spiro atoms. The van der Waals surface area contributed by atoms with Gasteiger partial charge in [0.15, 0.2) is 0 Å². The van der Waals surface area contributed by atoms with Crippen molar-refractivity contribution in [3.63, 3.8) is 0 Å². The van der Waals surface area contributed by atoms with Crippen molar-refractivity contribution in [3.05, 3.63) is 24.0 Å². The quantitative estimate of drug-likeness (QED) is 0.521. The van der Waals surface area contributed by atoms with Crippen molar-refractivity contribution in [1.29, 1.82) is 0 Å². The summed E-state index contributed by atoms with van der Waals surface area (Å²) in [5.74, 6) is 0.110. The maximum absolute atomic E-state index is 13.1. The van der Waals surface area contributed by atoms with Gasteiger partial charge in [-0.2, -0.15) is 0 Å². The van der Waals surface area contributed by atoms with Gasteiger partial charge in [0.05, 0.1) is 24.6 Å². The van der Waals surface area contributed by atoms with Gasteiger partial charge in [-0.3, -0.25) is 9.18 Å². The topological polar surface area (TPSA) is 59.4 Å². The SMILES string of the molecule is C[Si](C)(C)CCOCn1ccc2c3c(cnc21)C(=O)NCN3C1CCC(CF)CC1. The summed E-state index contributed by atoms with van der Waals surface area (Å²) in [5.41, 5.74) is 2.44. The van der Waals surface area contributed by atoms with Gasteiger partial charge in [0.1, 0.15) is 12.4 Å². The highest BCUT2D eigenvalue weighted by atomic mass is 28.3. The molecule has 2 aromatic rings. The number of aromatic nitrogens is 2. The first-order chi connectivity index (χ1) is 14.4. The largest absolute Gasteiger partial charge is 0.361 e. The number of ether oxygens (including phenoxy) is 1. The second-order valence-electron chi connectivity index (χ2n) is 9.85. The van der Waals surface area contributed by atoms with Gasteiger partial charge in [-0.25, -0.2) is 4.98 Å². The van der Waals surface area contributed by atoms with E-state index in [4.69, 9.17) is 4.74 Å². The van der Waals surface area contributed by atoms with E-state index in [9.17, 15) is 9.18 Å². The summed E-state index contributed by atoms with van der Waals surface area (Å²) in [5, 5.41) is 3.97. The third-order valence-corrected chi connectivity index (χ3v) is 8.11. The molecule has 164 valence electrons. The normalized spacial score (nSPS) is 22.3. The average Bonchev–Trinajstić information content (AvgIpc) is 3.14. The zero-order valence-corrected chi connectivity index (χ0v) is 19.3. The molecule has 0 radical (unpaired) electrons. The van der Waals surface area contributed by atoms with Gasteiger partial charge in [-0.05, 0) is 43.7 Å². The number of carbonyl (C=O) groups is 1. The predicted molar refractivity (Wildman–Crippen MR) is 120 cm³/mol. The molecule has 6 nitrogen and oxygen atoms in total. The number of alkyl halides is 1. The molecule has 1 fully saturated rings. The number of hydrogen-bond acceptors (Lipinski definition) is 4. The molecule has 2 aromatic heterocycles. The van der Waals surface area contributed by atoms with Gasteiger partial charge in [-0.1, -0.05) is 19.6 Å². The number of anilines is 1. The molecule has 0 aromatic carbocycles. The zero-order valence-electron chi connectivity index (χ0n) is 18.3. The first kappa shape index (κ1) is 21.3. The molecule has 2 aliphatic rings. The van der Waals surface area contributed by atoms with E-state index in [2.05, 4.69) is 34.8 Å². The molecule has 0 saturated heterocycles. The Morgan fingerprint density at radius 3 is 2.73 bits per heavy atom. The molecule has 1 N–H and O–H groups in total. The summed E-state index contributed by atoms with van der Waals surface area (Å²) < 4.78 is 21.0. The van der Waals surface area contributed by atoms with Crippen LogP contribution in [-0.4, -0.2) is 49.5 Å². The number of halogens is 1. The third-order valence-electron chi connectivity index (χ3n) is 6.40. The Bertz CT molecular complexity index is 902. The fourth-order valence-electron chi connectivity index (χ4n) is 4.50. The number of rotatable bonds is 7. The molecule has 1 aliphatic heterocycles. The standard InChI is InChI=1S/C22H33FN4O2Si/c1-30(2,3)11-10-29-15-26-9-8-18-20-19(13-24-21(18)26)22(28)25-14-27(20)17-6-4-16(12-23)5-7-17/h8-9,13,16-17H,4-7,10-12,14-15H2,1-3H3,(H,25,28). The lowest BCUT2D eigenvalue weighted by atomic mass is 9.85. The Labute approximate surface area is 178 Å². The molecular weight excluding hydrogens is 399 g/mol. The second-order valence-corrected chi connectivity index (χ2v) is 15.5. The second kappa shape index (κ2) is 8.67. The van der Waals surface area contributed by atoms with E-state index in [1.807, 2.05) is 16.8 Å². The van der Waals surface area contributed by atoms with Crippen LogP contribution in [0.5, 0.6) is 0 Å². The molecule has 8 heteroatoms. The zero-order chi connectivity index (χ0) is 21.3. The highest BCUT2D eigenvalue weighted by molar-refractivity contribution is 6.76. The Balaban J connectivity index is 1.57. The van der Waals surface area contributed by atoms with Crippen molar-refractivity contribution in [2.75, 3.05) is 24.9 Å². The summed E-state index contributed by atoms with van der Waals surface area (Å²) in [7, 11) is -1.12. The van der Waals surface area contributed by atoms with E-state index in [0.717, 1.165) is 55.1 Å². The van der Waals surface area contributed by atoms with E-state index >= 15 is 0 Å². The fraction of sp³-hybridized carbons (Fsp3) is 0.636. The molecule has 30 heavy (non-hydrogen) atoms. The first-order valence-corrected chi connectivity index (χ1v) is 14.7. The molecular formula is C22H33FN4O2Si. The summed E-state index contributed by atoms with van der Waals surface area (Å²) in [6.45, 7) is 8.52. The van der Waals surface area contributed by atoms with Crippen LogP contribution >= 0.6 is 0 Å². The van der Waals surface area contributed by atoms with Crippen molar-refractivity contribution in [2.24, 2.45) is 5.92 Å². The minimum Gasteiger partial charge on any atom is -0.361 e. The molecule has 0 unspecified atom stereocenters. The highest BCUT2D eigenvalue weighted by Gasteiger charge is 2.33. The Morgan fingerprint density at radius 1 is 1.27 bits per heavy atom. The van der Waals surface area contributed by atoms with Crippen LogP contribution in [0.15, 0.2) is 18.5 Å². The van der Waals surface area contributed by atoms with Gasteiger partial charge in [0.25, 0.3) is 5.91 Å². The number of hydrogen-bond donors (Lipinski definition) is 1. The van der Waals surface area contributed by atoms with Crippen LogP contribution in [0.4, 0.5) is 10.1 Å². The number of amides is 1. The van der Waals surface area contributed by atoms with Crippen LogP contribution in [0, 0.1) is 5.92 Å². The smallest absolute Gasteiger partial charge is 0.256 e. The fourth-order valence-corrected chi connectivity index (χ4v) is 5.26. The van der Waals surface area contributed by atoms with E-state index in [1.54, 1.807) is 6.20 Å². The maximum Gasteiger partial charge on any atom is 0.256 e. The monoisotopic (exact) mass is 432 g/mol. The molecule has 0 atom stereocenters. The van der Waals surface area contributed by atoms with Crippen molar-refractivity contribution in [1.82, 2.24) is 14.9 Å². The van der Waals surface area contributed by atoms with Crippen molar-refractivity contribution in [3.8, 4) is 0 Å². The van der Waals surface area contributed by atoms with Gasteiger partial charge < -0.3 is 19.5 Å². The summed E-state index contributed by atoms with van der Waals surface area (Å²) in [6, 6.07) is 3.49. The first-order valence-electron chi connectivity index (χ1n) is 11.0. The summed E-state index contributed by atoms with van der Waals surface area (Å²) in [4.78, 5) is 19.4. The average molecular weight is 433 g/mol. The Hall–Kier alpha value is -1.93. The van der Waals surface area contributed by atoms with Crippen molar-refractivity contribution < 1.29 is 13.9 Å². The number of fused-ring (bicyclic) bond motifs is 3. The van der Waals surface area contributed by atoms with Crippen LogP contribution in [0.3, 0.4) is 0 Å². The van der Waals surface area contributed by atoms with E-state index in [1.165, 1.54) is 0 Å². The van der Waals surface area contributed by atoms with Crippen molar-refractivity contribution in [2.45, 2.75) is 64.1 Å². The van der Waals surface area contributed by atoms with Crippen molar-refractivity contribution >= 4 is 30.7 Å².